The smallest absolute Gasteiger partial charge is 0.380 e. The fourth-order valence-corrected chi connectivity index (χ4v) is 2.59. The number of hydrogen-bond donors (Lipinski definition) is 1. The highest BCUT2D eigenvalue weighted by Crippen LogP contribution is 2.43. The van der Waals surface area contributed by atoms with Crippen LogP contribution in [0.15, 0.2) is 24.3 Å². The first-order valence-electron chi connectivity index (χ1n) is 6.32. The maximum atomic E-state index is 13.1. The summed E-state index contributed by atoms with van der Waals surface area (Å²) < 4.78 is 39.3. The molecule has 0 aliphatic heterocycles. The van der Waals surface area contributed by atoms with E-state index in [4.69, 9.17) is 6.42 Å². The second-order valence-electron chi connectivity index (χ2n) is 5.79. The molecule has 4 heteroatoms. The van der Waals surface area contributed by atoms with Gasteiger partial charge in [0.2, 0.25) is 0 Å². The first-order valence-corrected chi connectivity index (χ1v) is 6.32. The Balaban J connectivity index is 3.17. The number of terminal acetylenes is 1. The first kappa shape index (κ1) is 16.6. The predicted molar refractivity (Wildman–Crippen MR) is 73.3 cm³/mol. The number of aryl methyl sites for hydroxylation is 1. The third kappa shape index (κ3) is 3.34. The number of aliphatic hydroxyl groups is 1. The van der Waals surface area contributed by atoms with Gasteiger partial charge in [-0.15, -0.1) is 12.3 Å². The Bertz CT molecular complexity index is 511. The fourth-order valence-electron chi connectivity index (χ4n) is 2.59. The van der Waals surface area contributed by atoms with Crippen LogP contribution in [0.5, 0.6) is 0 Å². The molecule has 1 aromatic rings. The number of alkyl halides is 3. The first-order chi connectivity index (χ1) is 9.03. The van der Waals surface area contributed by atoms with E-state index in [1.807, 2.05) is 25.0 Å². The highest BCUT2D eigenvalue weighted by Gasteiger charge is 2.55. The van der Waals surface area contributed by atoms with Crippen LogP contribution in [0.4, 0.5) is 13.2 Å². The number of rotatable bonds is 4. The number of hydrogen-bond acceptors (Lipinski definition) is 1. The molecule has 1 nitrogen and oxygen atoms in total. The molecule has 1 N–H and O–H groups in total. The van der Waals surface area contributed by atoms with E-state index in [9.17, 15) is 18.3 Å². The summed E-state index contributed by atoms with van der Waals surface area (Å²) >= 11 is 0. The van der Waals surface area contributed by atoms with E-state index in [1.54, 1.807) is 26.0 Å². The molecule has 1 unspecified atom stereocenters. The van der Waals surface area contributed by atoms with Crippen LogP contribution in [0.25, 0.3) is 0 Å². The summed E-state index contributed by atoms with van der Waals surface area (Å²) in [6, 6.07) is 7.22. The molecule has 20 heavy (non-hydrogen) atoms. The lowest BCUT2D eigenvalue weighted by molar-refractivity contribution is -0.264. The minimum absolute atomic E-state index is 0.474. The second kappa shape index (κ2) is 5.49. The molecule has 0 saturated heterocycles. The van der Waals surface area contributed by atoms with Gasteiger partial charge >= 0.3 is 6.18 Å². The minimum Gasteiger partial charge on any atom is -0.380 e. The van der Waals surface area contributed by atoms with E-state index in [-0.39, 0.29) is 0 Å². The molecule has 0 spiro atoms. The van der Waals surface area contributed by atoms with Crippen LogP contribution in [0.1, 0.15) is 37.8 Å². The summed E-state index contributed by atoms with van der Waals surface area (Å²) in [5, 5.41) is 9.97. The highest BCUT2D eigenvalue weighted by molar-refractivity contribution is 5.33. The molecule has 1 rings (SSSR count). The highest BCUT2D eigenvalue weighted by atomic mass is 19.4. The van der Waals surface area contributed by atoms with Crippen molar-refractivity contribution in [3.05, 3.63) is 35.4 Å². The number of benzene rings is 1. The van der Waals surface area contributed by atoms with E-state index in [2.05, 4.69) is 0 Å². The molecule has 0 aliphatic rings. The van der Waals surface area contributed by atoms with Crippen molar-refractivity contribution in [3.8, 4) is 12.3 Å². The van der Waals surface area contributed by atoms with Gasteiger partial charge in [0.1, 0.15) is 0 Å². The zero-order chi connectivity index (χ0) is 15.6. The standard InChI is InChI=1S/C16H19F3O/c1-5-10-15(20,16(17,18)19)11-14(3,4)13-9-7-6-8-12(13)2/h1,6-9,20H,10-11H2,2-4H3. The number of halogens is 3. The van der Waals surface area contributed by atoms with Crippen molar-refractivity contribution in [2.24, 2.45) is 0 Å². The van der Waals surface area contributed by atoms with Crippen LogP contribution < -0.4 is 0 Å². The van der Waals surface area contributed by atoms with Gasteiger partial charge in [-0.25, -0.2) is 0 Å². The van der Waals surface area contributed by atoms with Crippen molar-refractivity contribution in [2.45, 2.75) is 50.8 Å². The lowest BCUT2D eigenvalue weighted by atomic mass is 9.72. The molecule has 0 heterocycles. The third-order valence-corrected chi connectivity index (χ3v) is 3.53. The zero-order valence-corrected chi connectivity index (χ0v) is 11.9. The van der Waals surface area contributed by atoms with Crippen molar-refractivity contribution in [2.75, 3.05) is 0 Å². The molecule has 0 bridgehead atoms. The molecule has 1 aromatic carbocycles. The van der Waals surface area contributed by atoms with Gasteiger partial charge in [0.15, 0.2) is 5.60 Å². The Morgan fingerprint density at radius 3 is 2.20 bits per heavy atom. The Morgan fingerprint density at radius 1 is 1.20 bits per heavy atom. The van der Waals surface area contributed by atoms with Crippen molar-refractivity contribution in [1.82, 2.24) is 0 Å². The van der Waals surface area contributed by atoms with E-state index < -0.39 is 30.0 Å². The van der Waals surface area contributed by atoms with Gasteiger partial charge in [0.05, 0.1) is 0 Å². The molecule has 0 aliphatic carbocycles. The Hall–Kier alpha value is -1.47. The molecule has 0 saturated carbocycles. The maximum Gasteiger partial charge on any atom is 0.418 e. The lowest BCUT2D eigenvalue weighted by Crippen LogP contribution is -2.49. The second-order valence-corrected chi connectivity index (χ2v) is 5.79. The monoisotopic (exact) mass is 284 g/mol. The summed E-state index contributed by atoms with van der Waals surface area (Å²) in [6.45, 7) is 5.20. The summed E-state index contributed by atoms with van der Waals surface area (Å²) in [5.74, 6) is 1.93. The van der Waals surface area contributed by atoms with Crippen molar-refractivity contribution < 1.29 is 18.3 Å². The van der Waals surface area contributed by atoms with Crippen molar-refractivity contribution in [1.29, 1.82) is 0 Å². The lowest BCUT2D eigenvalue weighted by Gasteiger charge is -2.37. The summed E-state index contributed by atoms with van der Waals surface area (Å²) in [6.07, 6.45) is -0.980. The molecule has 0 amide bonds. The van der Waals surface area contributed by atoms with Gasteiger partial charge < -0.3 is 5.11 Å². The SMILES string of the molecule is C#CCC(O)(CC(C)(C)c1ccccc1C)C(F)(F)F. The Labute approximate surface area is 117 Å². The van der Waals surface area contributed by atoms with E-state index >= 15 is 0 Å². The largest absolute Gasteiger partial charge is 0.418 e. The van der Waals surface area contributed by atoms with E-state index in [1.165, 1.54) is 0 Å². The zero-order valence-electron chi connectivity index (χ0n) is 11.9. The molecule has 0 aromatic heterocycles. The normalized spacial score (nSPS) is 15.5. The summed E-state index contributed by atoms with van der Waals surface area (Å²) in [5.41, 5.74) is -2.04. The van der Waals surface area contributed by atoms with Crippen LogP contribution in [0.3, 0.4) is 0 Å². The van der Waals surface area contributed by atoms with E-state index in [0.717, 1.165) is 11.1 Å². The fraction of sp³-hybridized carbons (Fsp3) is 0.500. The molecule has 0 fully saturated rings. The van der Waals surface area contributed by atoms with Crippen LogP contribution in [-0.2, 0) is 5.41 Å². The third-order valence-electron chi connectivity index (χ3n) is 3.53. The minimum atomic E-state index is -4.75. The van der Waals surface area contributed by atoms with Gasteiger partial charge in [-0.2, -0.15) is 13.2 Å². The van der Waals surface area contributed by atoms with Gasteiger partial charge in [0, 0.05) is 6.42 Å². The summed E-state index contributed by atoms with van der Waals surface area (Å²) in [4.78, 5) is 0. The van der Waals surface area contributed by atoms with Gasteiger partial charge in [-0.05, 0) is 29.9 Å². The molecular formula is C16H19F3O. The van der Waals surface area contributed by atoms with Gasteiger partial charge in [0.25, 0.3) is 0 Å². The van der Waals surface area contributed by atoms with Gasteiger partial charge in [-0.1, -0.05) is 38.1 Å². The van der Waals surface area contributed by atoms with Crippen LogP contribution in [0, 0.1) is 19.3 Å². The average Bonchev–Trinajstić information content (AvgIpc) is 2.27. The maximum absolute atomic E-state index is 13.1. The van der Waals surface area contributed by atoms with Crippen LogP contribution >= 0.6 is 0 Å². The topological polar surface area (TPSA) is 20.2 Å². The van der Waals surface area contributed by atoms with E-state index in [0.29, 0.717) is 0 Å². The van der Waals surface area contributed by atoms with Crippen molar-refractivity contribution in [3.63, 3.8) is 0 Å². The quantitative estimate of drug-likeness (QED) is 0.829. The molecule has 110 valence electrons. The van der Waals surface area contributed by atoms with Crippen LogP contribution in [-0.4, -0.2) is 16.9 Å². The summed E-state index contributed by atoms with van der Waals surface area (Å²) in [7, 11) is 0. The average molecular weight is 284 g/mol. The molecule has 1 atom stereocenters. The van der Waals surface area contributed by atoms with Crippen molar-refractivity contribution >= 4 is 0 Å². The Kier molecular flexibility index (Phi) is 4.55. The van der Waals surface area contributed by atoms with Gasteiger partial charge in [-0.3, -0.25) is 0 Å². The molecule has 0 radical (unpaired) electrons. The Morgan fingerprint density at radius 2 is 1.75 bits per heavy atom. The molecular weight excluding hydrogens is 265 g/mol. The predicted octanol–water partition coefficient (Wildman–Crippen LogP) is 3.98. The van der Waals surface area contributed by atoms with Crippen LogP contribution in [0.2, 0.25) is 0 Å².